The monoisotopic (exact) mass is 410 g/mol. The van der Waals surface area contributed by atoms with Crippen molar-refractivity contribution in [1.82, 2.24) is 0 Å². The van der Waals surface area contributed by atoms with Gasteiger partial charge in [-0.3, -0.25) is 0 Å². The van der Waals surface area contributed by atoms with Gasteiger partial charge in [-0.15, -0.1) is 0 Å². The fourth-order valence-corrected chi connectivity index (χ4v) is 3.47. The van der Waals surface area contributed by atoms with Crippen LogP contribution in [0.4, 0.5) is 0 Å². The molecule has 0 saturated heterocycles. The first kappa shape index (κ1) is 21.8. The first-order valence-electron chi connectivity index (χ1n) is 10.5. The number of carbonyl (C=O) groups excluding carboxylic acids is 1. The minimum Gasteiger partial charge on any atom is -0.504 e. The number of carbonyl (C=O) groups is 1. The first-order valence-corrected chi connectivity index (χ1v) is 10.5. The molecule has 0 unspecified atom stereocenters. The molecule has 0 saturated carbocycles. The second-order valence-electron chi connectivity index (χ2n) is 8.08. The maximum Gasteiger partial charge on any atom is 0.343 e. The Morgan fingerprint density at radius 1 is 1.27 bits per heavy atom. The highest BCUT2D eigenvalue weighted by atomic mass is 16.6. The van der Waals surface area contributed by atoms with Gasteiger partial charge in [-0.05, 0) is 81.2 Å². The van der Waals surface area contributed by atoms with Crippen molar-refractivity contribution in [2.45, 2.75) is 59.3 Å². The lowest BCUT2D eigenvalue weighted by Gasteiger charge is -2.07. The van der Waals surface area contributed by atoms with Gasteiger partial charge in [-0.25, -0.2) is 4.79 Å². The Kier molecular flexibility index (Phi) is 7.39. The van der Waals surface area contributed by atoms with Crippen molar-refractivity contribution in [3.63, 3.8) is 0 Å². The summed E-state index contributed by atoms with van der Waals surface area (Å²) >= 11 is 0. The Morgan fingerprint density at radius 3 is 2.80 bits per heavy atom. The number of hydrogen-bond acceptors (Lipinski definition) is 5. The van der Waals surface area contributed by atoms with Gasteiger partial charge in [0.25, 0.3) is 0 Å². The lowest BCUT2D eigenvalue weighted by Crippen LogP contribution is -1.97. The molecule has 0 aromatic carbocycles. The summed E-state index contributed by atoms with van der Waals surface area (Å²) in [4.78, 5) is 11.5. The third kappa shape index (κ3) is 6.02. The number of aryl methyl sites for hydroxylation is 1. The number of cyclic esters (lactones) is 1. The maximum atomic E-state index is 11.5. The summed E-state index contributed by atoms with van der Waals surface area (Å²) in [5.41, 5.74) is 4.00. The molecular weight excluding hydrogens is 380 g/mol. The molecule has 0 bridgehead atoms. The van der Waals surface area contributed by atoms with Crippen LogP contribution in [-0.4, -0.2) is 11.1 Å². The minimum atomic E-state index is -0.465. The molecule has 160 valence electrons. The topological polar surface area (TPSA) is 72.8 Å². The Hall–Kier alpha value is -2.95. The zero-order valence-corrected chi connectivity index (χ0v) is 17.9. The molecule has 0 amide bonds. The molecule has 1 aliphatic rings. The van der Waals surface area contributed by atoms with Crippen LogP contribution in [0.2, 0.25) is 0 Å². The van der Waals surface area contributed by atoms with Crippen LogP contribution in [0.25, 0.3) is 0 Å². The van der Waals surface area contributed by atoms with Crippen molar-refractivity contribution in [3.05, 3.63) is 82.6 Å². The Morgan fingerprint density at radius 2 is 2.10 bits per heavy atom. The normalized spacial score (nSPS) is 17.1. The summed E-state index contributed by atoms with van der Waals surface area (Å²) in [5.74, 6) is 0.965. The summed E-state index contributed by atoms with van der Waals surface area (Å²) in [6, 6.07) is 4.08. The lowest BCUT2D eigenvalue weighted by molar-refractivity contribution is -0.133. The van der Waals surface area contributed by atoms with Gasteiger partial charge in [0.1, 0.15) is 5.76 Å². The highest BCUT2D eigenvalue weighted by Gasteiger charge is 2.26. The molecule has 30 heavy (non-hydrogen) atoms. The van der Waals surface area contributed by atoms with E-state index in [2.05, 4.69) is 26.0 Å². The molecule has 2 aromatic rings. The predicted octanol–water partition coefficient (Wildman–Crippen LogP) is 6.42. The Bertz CT molecular complexity index is 940. The fraction of sp³-hybridized carbons (Fsp3) is 0.400. The van der Waals surface area contributed by atoms with Crippen molar-refractivity contribution < 1.29 is 23.5 Å². The van der Waals surface area contributed by atoms with Crippen molar-refractivity contribution in [2.75, 3.05) is 0 Å². The van der Waals surface area contributed by atoms with E-state index in [9.17, 15) is 9.90 Å². The van der Waals surface area contributed by atoms with Crippen LogP contribution in [0.3, 0.4) is 0 Å². The van der Waals surface area contributed by atoms with Crippen LogP contribution in [0.15, 0.2) is 74.6 Å². The zero-order chi connectivity index (χ0) is 21.5. The molecular formula is C25H30O5. The number of furan rings is 2. The molecule has 2 aromatic heterocycles. The number of allylic oxidation sites excluding steroid dienone is 3. The van der Waals surface area contributed by atoms with Crippen LogP contribution < -0.4 is 0 Å². The van der Waals surface area contributed by atoms with Crippen LogP contribution in [0, 0.1) is 5.92 Å². The van der Waals surface area contributed by atoms with E-state index in [4.69, 9.17) is 13.6 Å². The van der Waals surface area contributed by atoms with Gasteiger partial charge in [0.15, 0.2) is 11.5 Å². The smallest absolute Gasteiger partial charge is 0.343 e. The number of hydrogen-bond donors (Lipinski definition) is 1. The standard InChI is InChI=1S/C25H30O5/c1-17(6-4-8-18(2)12-23-24(26)19(3)25(27)30-23)7-5-9-20-13-22(29-16-20)14-21-10-11-28-15-21/h6,10-13,15-16,18,26H,4-5,7-9,14H2,1-3H3/b17-6+,23-12+/t18-/m1/s1. The van der Waals surface area contributed by atoms with E-state index in [0.29, 0.717) is 0 Å². The summed E-state index contributed by atoms with van der Waals surface area (Å²) in [6.45, 7) is 5.80. The minimum absolute atomic E-state index is 0.0363. The molecule has 3 heterocycles. The van der Waals surface area contributed by atoms with E-state index < -0.39 is 5.97 Å². The molecule has 1 aliphatic heterocycles. The Balaban J connectivity index is 1.37. The second-order valence-corrected chi connectivity index (χ2v) is 8.08. The molecule has 0 fully saturated rings. The lowest BCUT2D eigenvalue weighted by atomic mass is 10.0. The third-order valence-electron chi connectivity index (χ3n) is 5.35. The molecule has 1 atom stereocenters. The largest absolute Gasteiger partial charge is 0.504 e. The van der Waals surface area contributed by atoms with Gasteiger partial charge in [0.05, 0.1) is 24.4 Å². The van der Waals surface area contributed by atoms with E-state index in [1.54, 1.807) is 19.5 Å². The van der Waals surface area contributed by atoms with E-state index in [-0.39, 0.29) is 23.0 Å². The summed E-state index contributed by atoms with van der Waals surface area (Å²) in [6.07, 6.45) is 15.2. The zero-order valence-electron chi connectivity index (χ0n) is 17.9. The fourth-order valence-electron chi connectivity index (χ4n) is 3.47. The van der Waals surface area contributed by atoms with Crippen LogP contribution in [0.5, 0.6) is 0 Å². The molecule has 0 radical (unpaired) electrons. The molecule has 1 N–H and O–H groups in total. The van der Waals surface area contributed by atoms with Gasteiger partial charge in [0.2, 0.25) is 0 Å². The summed E-state index contributed by atoms with van der Waals surface area (Å²) in [7, 11) is 0. The van der Waals surface area contributed by atoms with Gasteiger partial charge in [-0.1, -0.05) is 18.6 Å². The van der Waals surface area contributed by atoms with Crippen LogP contribution >= 0.6 is 0 Å². The van der Waals surface area contributed by atoms with Crippen molar-refractivity contribution in [2.24, 2.45) is 5.92 Å². The average Bonchev–Trinajstić information content (AvgIpc) is 3.43. The first-order chi connectivity index (χ1) is 14.4. The van der Waals surface area contributed by atoms with Crippen molar-refractivity contribution in [1.29, 1.82) is 0 Å². The SMILES string of the molecule is CC1=C(O)/C(=C\[C@H](C)CC/C=C(\C)CCCc2coc(Cc3ccoc3)c2)OC1=O. The highest BCUT2D eigenvalue weighted by molar-refractivity contribution is 5.93. The van der Waals surface area contributed by atoms with Crippen LogP contribution in [0.1, 0.15) is 63.3 Å². The number of rotatable bonds is 10. The number of aliphatic hydroxyl groups is 1. The molecule has 0 spiro atoms. The maximum absolute atomic E-state index is 11.5. The summed E-state index contributed by atoms with van der Waals surface area (Å²) < 4.78 is 15.8. The van der Waals surface area contributed by atoms with E-state index in [0.717, 1.165) is 49.8 Å². The van der Waals surface area contributed by atoms with E-state index >= 15 is 0 Å². The molecule has 5 heteroatoms. The van der Waals surface area contributed by atoms with Gasteiger partial charge >= 0.3 is 5.97 Å². The average molecular weight is 411 g/mol. The van der Waals surface area contributed by atoms with E-state index in [1.165, 1.54) is 11.1 Å². The van der Waals surface area contributed by atoms with Crippen molar-refractivity contribution >= 4 is 5.97 Å². The highest BCUT2D eigenvalue weighted by Crippen LogP contribution is 2.26. The third-order valence-corrected chi connectivity index (χ3v) is 5.35. The van der Waals surface area contributed by atoms with Gasteiger partial charge in [0, 0.05) is 6.42 Å². The van der Waals surface area contributed by atoms with Crippen molar-refractivity contribution in [3.8, 4) is 0 Å². The predicted molar refractivity (Wildman–Crippen MR) is 115 cm³/mol. The van der Waals surface area contributed by atoms with Gasteiger partial charge in [-0.2, -0.15) is 0 Å². The number of esters is 1. The summed E-state index contributed by atoms with van der Waals surface area (Å²) in [5, 5.41) is 9.89. The van der Waals surface area contributed by atoms with Gasteiger partial charge < -0.3 is 18.7 Å². The number of aliphatic hydroxyl groups excluding tert-OH is 1. The quantitative estimate of drug-likeness (QED) is 0.361. The molecule has 3 rings (SSSR count). The molecule has 0 aliphatic carbocycles. The van der Waals surface area contributed by atoms with Crippen LogP contribution in [-0.2, 0) is 22.4 Å². The second kappa shape index (κ2) is 10.2. The molecule has 5 nitrogen and oxygen atoms in total. The Labute approximate surface area is 177 Å². The number of ether oxygens (including phenoxy) is 1. The van der Waals surface area contributed by atoms with E-state index in [1.807, 2.05) is 18.4 Å².